The van der Waals surface area contributed by atoms with Crippen LogP contribution in [0, 0.1) is 18.6 Å². The van der Waals surface area contributed by atoms with Crippen molar-refractivity contribution in [3.63, 3.8) is 0 Å². The minimum Gasteiger partial charge on any atom is -0.481 e. The number of carbonyl (C=O) groups is 1. The third kappa shape index (κ3) is 3.99. The number of aliphatic hydroxyl groups is 1. The molecule has 0 fully saturated rings. The van der Waals surface area contributed by atoms with Crippen LogP contribution >= 0.6 is 0 Å². The molecule has 0 aliphatic heterocycles. The van der Waals surface area contributed by atoms with Gasteiger partial charge in [0.15, 0.2) is 0 Å². The van der Waals surface area contributed by atoms with Crippen molar-refractivity contribution < 1.29 is 23.8 Å². The Hall–Kier alpha value is -1.69. The van der Waals surface area contributed by atoms with Gasteiger partial charge in [-0.2, -0.15) is 0 Å². The number of aliphatic hydroxyl groups excluding tert-OH is 1. The van der Waals surface area contributed by atoms with E-state index < -0.39 is 30.1 Å². The van der Waals surface area contributed by atoms with Gasteiger partial charge in [-0.1, -0.05) is 0 Å². The van der Waals surface area contributed by atoms with Gasteiger partial charge < -0.3 is 15.5 Å². The van der Waals surface area contributed by atoms with Gasteiger partial charge in [0, 0.05) is 12.6 Å². The quantitative estimate of drug-likeness (QED) is 0.735. The Labute approximate surface area is 96.9 Å². The lowest BCUT2D eigenvalue weighted by atomic mass is 10.2. The molecule has 0 saturated heterocycles. The van der Waals surface area contributed by atoms with Gasteiger partial charge in [-0.05, 0) is 18.6 Å². The highest BCUT2D eigenvalue weighted by molar-refractivity contribution is 5.67. The monoisotopic (exact) mass is 245 g/mol. The number of carboxylic acids is 1. The molecule has 0 radical (unpaired) electrons. The van der Waals surface area contributed by atoms with Gasteiger partial charge >= 0.3 is 5.97 Å². The second-order valence-electron chi connectivity index (χ2n) is 3.71. The molecule has 1 atom stereocenters. The summed E-state index contributed by atoms with van der Waals surface area (Å²) in [4.78, 5) is 10.3. The highest BCUT2D eigenvalue weighted by Gasteiger charge is 2.11. The van der Waals surface area contributed by atoms with E-state index in [2.05, 4.69) is 5.32 Å². The molecular formula is C11H13F2NO3. The molecule has 0 spiro atoms. The molecule has 3 N–H and O–H groups in total. The molecule has 0 aliphatic rings. The van der Waals surface area contributed by atoms with E-state index in [1.165, 1.54) is 6.92 Å². The van der Waals surface area contributed by atoms with Crippen molar-refractivity contribution in [1.29, 1.82) is 0 Å². The minimum absolute atomic E-state index is 0.0995. The Morgan fingerprint density at radius 2 is 2.06 bits per heavy atom. The minimum atomic E-state index is -1.16. The molecular weight excluding hydrogens is 232 g/mol. The summed E-state index contributed by atoms with van der Waals surface area (Å²) >= 11 is 0. The van der Waals surface area contributed by atoms with Crippen molar-refractivity contribution in [3.05, 3.63) is 29.3 Å². The van der Waals surface area contributed by atoms with Crippen LogP contribution < -0.4 is 5.32 Å². The van der Waals surface area contributed by atoms with Gasteiger partial charge in [-0.25, -0.2) is 8.78 Å². The number of aryl methyl sites for hydroxylation is 1. The van der Waals surface area contributed by atoms with E-state index in [1.807, 2.05) is 0 Å². The fraction of sp³-hybridized carbons (Fsp3) is 0.364. The lowest BCUT2D eigenvalue weighted by molar-refractivity contribution is -0.138. The fourth-order valence-corrected chi connectivity index (χ4v) is 1.28. The van der Waals surface area contributed by atoms with E-state index in [1.54, 1.807) is 0 Å². The van der Waals surface area contributed by atoms with Gasteiger partial charge in [0.05, 0.1) is 18.2 Å². The van der Waals surface area contributed by atoms with E-state index in [0.717, 1.165) is 12.1 Å². The highest BCUT2D eigenvalue weighted by Crippen LogP contribution is 2.18. The molecule has 1 aromatic rings. The van der Waals surface area contributed by atoms with E-state index in [4.69, 9.17) is 5.11 Å². The van der Waals surface area contributed by atoms with Crippen molar-refractivity contribution in [2.45, 2.75) is 19.4 Å². The third-order valence-electron chi connectivity index (χ3n) is 2.19. The van der Waals surface area contributed by atoms with Crippen LogP contribution in [0.4, 0.5) is 14.5 Å². The number of aliphatic carboxylic acids is 1. The van der Waals surface area contributed by atoms with E-state index >= 15 is 0 Å². The molecule has 1 rings (SSSR count). The van der Waals surface area contributed by atoms with Crippen LogP contribution in [-0.4, -0.2) is 28.8 Å². The fourth-order valence-electron chi connectivity index (χ4n) is 1.28. The Morgan fingerprint density at radius 3 is 2.65 bits per heavy atom. The van der Waals surface area contributed by atoms with Crippen LogP contribution in [0.5, 0.6) is 0 Å². The number of benzene rings is 1. The first-order valence-corrected chi connectivity index (χ1v) is 4.99. The number of carboxylic acid groups (broad SMARTS) is 1. The molecule has 94 valence electrons. The van der Waals surface area contributed by atoms with Crippen LogP contribution in [0.25, 0.3) is 0 Å². The Balaban J connectivity index is 2.63. The smallest absolute Gasteiger partial charge is 0.306 e. The molecule has 0 heterocycles. The van der Waals surface area contributed by atoms with E-state index in [9.17, 15) is 18.7 Å². The van der Waals surface area contributed by atoms with Crippen molar-refractivity contribution in [2.75, 3.05) is 11.9 Å². The molecule has 6 heteroatoms. The van der Waals surface area contributed by atoms with E-state index in [0.29, 0.717) is 0 Å². The second-order valence-corrected chi connectivity index (χ2v) is 3.71. The molecule has 4 nitrogen and oxygen atoms in total. The van der Waals surface area contributed by atoms with Crippen LogP contribution in [0.15, 0.2) is 12.1 Å². The maximum Gasteiger partial charge on any atom is 0.306 e. The molecule has 0 saturated carbocycles. The third-order valence-corrected chi connectivity index (χ3v) is 2.19. The number of rotatable bonds is 5. The summed E-state index contributed by atoms with van der Waals surface area (Å²) in [5.41, 5.74) is 0.0803. The first-order chi connectivity index (χ1) is 7.90. The molecule has 0 aliphatic carbocycles. The zero-order valence-corrected chi connectivity index (χ0v) is 9.20. The summed E-state index contributed by atoms with van der Waals surface area (Å²) in [5, 5.41) is 20.1. The lowest BCUT2D eigenvalue weighted by Crippen LogP contribution is -2.23. The molecule has 0 amide bonds. The van der Waals surface area contributed by atoms with Crippen molar-refractivity contribution in [1.82, 2.24) is 0 Å². The predicted octanol–water partition coefficient (Wildman–Crippen LogP) is 1.52. The standard InChI is InChI=1S/C11H13F2NO3/c1-6-2-9(13)10(4-8(6)12)14-5-7(15)3-11(16)17/h2,4,7,14-15H,3,5H2,1H3,(H,16,17). The molecule has 0 aromatic heterocycles. The Kier molecular flexibility index (Phi) is 4.39. The lowest BCUT2D eigenvalue weighted by Gasteiger charge is -2.12. The van der Waals surface area contributed by atoms with Gasteiger partial charge in [0.2, 0.25) is 0 Å². The summed E-state index contributed by atoms with van der Waals surface area (Å²) in [6.45, 7) is 1.27. The average molecular weight is 245 g/mol. The van der Waals surface area contributed by atoms with Crippen LogP contribution in [0.3, 0.4) is 0 Å². The number of hydrogen-bond donors (Lipinski definition) is 3. The summed E-state index contributed by atoms with van der Waals surface area (Å²) < 4.78 is 26.4. The van der Waals surface area contributed by atoms with Gasteiger partial charge in [0.1, 0.15) is 11.6 Å². The Morgan fingerprint density at radius 1 is 1.41 bits per heavy atom. The molecule has 17 heavy (non-hydrogen) atoms. The SMILES string of the molecule is Cc1cc(F)c(NCC(O)CC(=O)O)cc1F. The highest BCUT2D eigenvalue weighted by atomic mass is 19.1. The zero-order valence-electron chi connectivity index (χ0n) is 9.20. The number of nitrogens with one attached hydrogen (secondary N) is 1. The van der Waals surface area contributed by atoms with Crippen LogP contribution in [0.2, 0.25) is 0 Å². The zero-order chi connectivity index (χ0) is 13.0. The van der Waals surface area contributed by atoms with Gasteiger partial charge in [-0.3, -0.25) is 4.79 Å². The largest absolute Gasteiger partial charge is 0.481 e. The van der Waals surface area contributed by atoms with Gasteiger partial charge in [-0.15, -0.1) is 0 Å². The normalized spacial score (nSPS) is 12.2. The average Bonchev–Trinajstić information content (AvgIpc) is 2.20. The van der Waals surface area contributed by atoms with Crippen molar-refractivity contribution >= 4 is 11.7 Å². The molecule has 1 aromatic carbocycles. The number of anilines is 1. The summed E-state index contributed by atoms with van der Waals surface area (Å²) in [5.74, 6) is -2.37. The topological polar surface area (TPSA) is 69.6 Å². The predicted molar refractivity (Wildman–Crippen MR) is 57.8 cm³/mol. The van der Waals surface area contributed by atoms with Crippen molar-refractivity contribution in [2.24, 2.45) is 0 Å². The maximum absolute atomic E-state index is 13.3. The molecule has 0 bridgehead atoms. The van der Waals surface area contributed by atoms with Gasteiger partial charge in [0.25, 0.3) is 0 Å². The first kappa shape index (κ1) is 13.4. The Bertz CT molecular complexity index is 423. The molecule has 1 unspecified atom stereocenters. The van der Waals surface area contributed by atoms with Crippen LogP contribution in [0.1, 0.15) is 12.0 Å². The van der Waals surface area contributed by atoms with E-state index in [-0.39, 0.29) is 17.8 Å². The first-order valence-electron chi connectivity index (χ1n) is 4.99. The summed E-state index contributed by atoms with van der Waals surface area (Å²) in [7, 11) is 0. The maximum atomic E-state index is 13.3. The van der Waals surface area contributed by atoms with Crippen molar-refractivity contribution in [3.8, 4) is 0 Å². The summed E-state index contributed by atoms with van der Waals surface area (Å²) in [6, 6.07) is 2.00. The second kappa shape index (κ2) is 5.58. The number of hydrogen-bond acceptors (Lipinski definition) is 3. The summed E-state index contributed by atoms with van der Waals surface area (Å²) in [6.07, 6.45) is -1.61. The van der Waals surface area contributed by atoms with Crippen LogP contribution in [-0.2, 0) is 4.79 Å². The number of halogens is 2.